The van der Waals surface area contributed by atoms with E-state index in [1.54, 1.807) is 11.8 Å². The van der Waals surface area contributed by atoms with Gasteiger partial charge in [0.15, 0.2) is 0 Å². The number of aliphatic hydroxyl groups excluding tert-OH is 1. The van der Waals surface area contributed by atoms with Crippen LogP contribution in [0.1, 0.15) is 33.6 Å². The topological polar surface area (TPSA) is 66.6 Å². The summed E-state index contributed by atoms with van der Waals surface area (Å²) in [7, 11) is 0. The third-order valence-corrected chi connectivity index (χ3v) is 3.11. The molecule has 1 aliphatic carbocycles. The normalized spacial score (nSPS) is 20.1. The fraction of sp³-hybridized carbons (Fsp3) is 0.909. The zero-order chi connectivity index (χ0) is 11.6. The first-order chi connectivity index (χ1) is 6.91. The summed E-state index contributed by atoms with van der Waals surface area (Å²) in [6.45, 7) is 6.05. The van der Waals surface area contributed by atoms with Gasteiger partial charge in [0.05, 0.1) is 12.1 Å². The van der Waals surface area contributed by atoms with E-state index in [0.29, 0.717) is 12.5 Å². The summed E-state index contributed by atoms with van der Waals surface area (Å²) in [6.07, 6.45) is 2.09. The SMILES string of the molecule is CC(C)N(CCO)C(=O)C(C)(N)C1CC1. The molecule has 1 unspecified atom stereocenters. The lowest BCUT2D eigenvalue weighted by atomic mass is 9.95. The Morgan fingerprint density at radius 2 is 2.13 bits per heavy atom. The lowest BCUT2D eigenvalue weighted by molar-refractivity contribution is -0.139. The molecule has 0 saturated heterocycles. The highest BCUT2D eigenvalue weighted by atomic mass is 16.3. The average Bonchev–Trinajstić information content (AvgIpc) is 2.95. The molecule has 1 aliphatic rings. The van der Waals surface area contributed by atoms with E-state index < -0.39 is 5.54 Å². The molecular weight excluding hydrogens is 192 g/mol. The maximum atomic E-state index is 12.2. The summed E-state index contributed by atoms with van der Waals surface area (Å²) in [5, 5.41) is 8.92. The van der Waals surface area contributed by atoms with Crippen LogP contribution in [0.5, 0.6) is 0 Å². The van der Waals surface area contributed by atoms with Gasteiger partial charge in [-0.15, -0.1) is 0 Å². The number of rotatable bonds is 5. The van der Waals surface area contributed by atoms with Crippen molar-refractivity contribution in [1.29, 1.82) is 0 Å². The van der Waals surface area contributed by atoms with Crippen molar-refractivity contribution in [3.8, 4) is 0 Å². The predicted octanol–water partition coefficient (Wildman–Crippen LogP) is 0.343. The lowest BCUT2D eigenvalue weighted by Crippen LogP contribution is -2.57. The first-order valence-electron chi connectivity index (χ1n) is 5.62. The number of hydrogen-bond donors (Lipinski definition) is 2. The van der Waals surface area contributed by atoms with Crippen LogP contribution in [0.4, 0.5) is 0 Å². The summed E-state index contributed by atoms with van der Waals surface area (Å²) >= 11 is 0. The number of aliphatic hydroxyl groups is 1. The van der Waals surface area contributed by atoms with Gasteiger partial charge in [0.25, 0.3) is 0 Å². The molecule has 0 heterocycles. The first kappa shape index (κ1) is 12.5. The number of carbonyl (C=O) groups excluding carboxylic acids is 1. The minimum Gasteiger partial charge on any atom is -0.395 e. The van der Waals surface area contributed by atoms with Crippen molar-refractivity contribution in [1.82, 2.24) is 4.90 Å². The number of hydrogen-bond acceptors (Lipinski definition) is 3. The molecule has 3 N–H and O–H groups in total. The Bertz CT molecular complexity index is 235. The van der Waals surface area contributed by atoms with Gasteiger partial charge in [-0.3, -0.25) is 4.79 Å². The lowest BCUT2D eigenvalue weighted by Gasteiger charge is -2.34. The molecule has 0 bridgehead atoms. The zero-order valence-corrected chi connectivity index (χ0v) is 9.86. The molecule has 0 aromatic carbocycles. The largest absolute Gasteiger partial charge is 0.395 e. The van der Waals surface area contributed by atoms with Crippen LogP contribution in [0.25, 0.3) is 0 Å². The average molecular weight is 214 g/mol. The highest BCUT2D eigenvalue weighted by Gasteiger charge is 2.46. The van der Waals surface area contributed by atoms with Gasteiger partial charge in [-0.05, 0) is 39.5 Å². The Morgan fingerprint density at radius 3 is 2.47 bits per heavy atom. The van der Waals surface area contributed by atoms with E-state index in [4.69, 9.17) is 10.8 Å². The van der Waals surface area contributed by atoms with E-state index in [2.05, 4.69) is 0 Å². The van der Waals surface area contributed by atoms with E-state index in [0.717, 1.165) is 12.8 Å². The molecule has 0 aromatic heterocycles. The Labute approximate surface area is 91.4 Å². The van der Waals surface area contributed by atoms with Crippen molar-refractivity contribution in [2.24, 2.45) is 11.7 Å². The molecule has 1 rings (SSSR count). The molecule has 1 atom stereocenters. The molecule has 1 fully saturated rings. The van der Waals surface area contributed by atoms with Crippen molar-refractivity contribution in [3.63, 3.8) is 0 Å². The molecule has 15 heavy (non-hydrogen) atoms. The Balaban J connectivity index is 2.70. The van der Waals surface area contributed by atoms with Crippen LogP contribution < -0.4 is 5.73 Å². The van der Waals surface area contributed by atoms with Crippen molar-refractivity contribution in [3.05, 3.63) is 0 Å². The van der Waals surface area contributed by atoms with Crippen LogP contribution in [0.3, 0.4) is 0 Å². The fourth-order valence-electron chi connectivity index (χ4n) is 1.87. The number of carbonyl (C=O) groups is 1. The first-order valence-corrected chi connectivity index (χ1v) is 5.62. The molecular formula is C11H22N2O2. The third-order valence-electron chi connectivity index (χ3n) is 3.11. The monoisotopic (exact) mass is 214 g/mol. The predicted molar refractivity (Wildman–Crippen MR) is 59.3 cm³/mol. The van der Waals surface area contributed by atoms with Crippen LogP contribution in [0.15, 0.2) is 0 Å². The summed E-state index contributed by atoms with van der Waals surface area (Å²) in [4.78, 5) is 13.8. The highest BCUT2D eigenvalue weighted by Crippen LogP contribution is 2.39. The summed E-state index contributed by atoms with van der Waals surface area (Å²) < 4.78 is 0. The van der Waals surface area contributed by atoms with Crippen molar-refractivity contribution < 1.29 is 9.90 Å². The van der Waals surface area contributed by atoms with Crippen LogP contribution in [-0.4, -0.2) is 40.6 Å². The Morgan fingerprint density at radius 1 is 1.60 bits per heavy atom. The molecule has 88 valence electrons. The van der Waals surface area contributed by atoms with Gasteiger partial charge in [-0.2, -0.15) is 0 Å². The summed E-state index contributed by atoms with van der Waals surface area (Å²) in [5.74, 6) is 0.291. The van der Waals surface area contributed by atoms with Crippen molar-refractivity contribution in [2.75, 3.05) is 13.2 Å². The molecule has 0 radical (unpaired) electrons. The summed E-state index contributed by atoms with van der Waals surface area (Å²) in [6, 6.07) is 0.0891. The molecule has 1 amide bonds. The van der Waals surface area contributed by atoms with Crippen molar-refractivity contribution >= 4 is 5.91 Å². The second kappa shape index (κ2) is 4.49. The standard InChI is InChI=1S/C11H22N2O2/c1-8(2)13(6-7-14)10(15)11(3,12)9-4-5-9/h8-9,14H,4-7,12H2,1-3H3. The quantitative estimate of drug-likeness (QED) is 0.693. The second-order valence-corrected chi connectivity index (χ2v) is 4.87. The van der Waals surface area contributed by atoms with Gasteiger partial charge in [-0.1, -0.05) is 0 Å². The number of nitrogens with two attached hydrogens (primary N) is 1. The number of nitrogens with zero attached hydrogens (tertiary/aromatic N) is 1. The second-order valence-electron chi connectivity index (χ2n) is 4.87. The number of amides is 1. The molecule has 1 saturated carbocycles. The van der Waals surface area contributed by atoms with E-state index in [1.807, 2.05) is 13.8 Å². The van der Waals surface area contributed by atoms with Crippen LogP contribution >= 0.6 is 0 Å². The van der Waals surface area contributed by atoms with Crippen LogP contribution in [-0.2, 0) is 4.79 Å². The van der Waals surface area contributed by atoms with Gasteiger partial charge in [-0.25, -0.2) is 0 Å². The Hall–Kier alpha value is -0.610. The highest BCUT2D eigenvalue weighted by molar-refractivity contribution is 5.86. The van der Waals surface area contributed by atoms with Crippen LogP contribution in [0.2, 0.25) is 0 Å². The van der Waals surface area contributed by atoms with Gasteiger partial charge in [0.1, 0.15) is 0 Å². The molecule has 0 aliphatic heterocycles. The smallest absolute Gasteiger partial charge is 0.242 e. The van der Waals surface area contributed by atoms with E-state index in [1.165, 1.54) is 0 Å². The van der Waals surface area contributed by atoms with Crippen molar-refractivity contribution in [2.45, 2.75) is 45.2 Å². The maximum Gasteiger partial charge on any atom is 0.242 e. The molecule has 4 nitrogen and oxygen atoms in total. The maximum absolute atomic E-state index is 12.2. The van der Waals surface area contributed by atoms with Gasteiger partial charge in [0, 0.05) is 12.6 Å². The minimum absolute atomic E-state index is 0.00926. The van der Waals surface area contributed by atoms with Gasteiger partial charge >= 0.3 is 0 Å². The van der Waals surface area contributed by atoms with E-state index in [9.17, 15) is 4.79 Å². The molecule has 0 aromatic rings. The third kappa shape index (κ3) is 2.69. The fourth-order valence-corrected chi connectivity index (χ4v) is 1.87. The zero-order valence-electron chi connectivity index (χ0n) is 9.86. The van der Waals surface area contributed by atoms with Crippen LogP contribution in [0, 0.1) is 5.92 Å². The van der Waals surface area contributed by atoms with Gasteiger partial charge < -0.3 is 15.7 Å². The minimum atomic E-state index is -0.751. The van der Waals surface area contributed by atoms with E-state index >= 15 is 0 Å². The Kier molecular flexibility index (Phi) is 3.73. The van der Waals surface area contributed by atoms with Gasteiger partial charge in [0.2, 0.25) is 5.91 Å². The summed E-state index contributed by atoms with van der Waals surface area (Å²) in [5.41, 5.74) is 5.31. The van der Waals surface area contributed by atoms with E-state index in [-0.39, 0.29) is 18.6 Å². The molecule has 4 heteroatoms. The molecule has 0 spiro atoms.